The summed E-state index contributed by atoms with van der Waals surface area (Å²) in [4.78, 5) is 1.86. The summed E-state index contributed by atoms with van der Waals surface area (Å²) < 4.78 is 17.8. The van der Waals surface area contributed by atoms with Gasteiger partial charge in [0.2, 0.25) is 0 Å². The Balaban J connectivity index is 2.82. The number of anilines is 2. The van der Waals surface area contributed by atoms with Crippen molar-refractivity contribution in [1.29, 1.82) is 0 Å². The molecule has 0 radical (unpaired) electrons. The number of methoxy groups -OCH3 is 1. The molecular weight excluding hydrogens is 211 g/mol. The maximum absolute atomic E-state index is 12.9. The van der Waals surface area contributed by atoms with Gasteiger partial charge in [-0.1, -0.05) is 0 Å². The molecule has 16 heavy (non-hydrogen) atoms. The summed E-state index contributed by atoms with van der Waals surface area (Å²) in [5.74, 6) is -0.364. The number of nitrogen functional groups attached to an aromatic ring is 1. The maximum atomic E-state index is 12.9. The monoisotopic (exact) mass is 228 g/mol. The van der Waals surface area contributed by atoms with Gasteiger partial charge in [0, 0.05) is 20.2 Å². The number of rotatable bonds is 6. The van der Waals surface area contributed by atoms with E-state index in [-0.39, 0.29) is 12.4 Å². The lowest BCUT2D eigenvalue weighted by atomic mass is 10.2. The molecule has 1 aromatic carbocycles. The molecule has 0 amide bonds. The van der Waals surface area contributed by atoms with E-state index >= 15 is 0 Å². The Kier molecular flexibility index (Phi) is 5.01. The van der Waals surface area contributed by atoms with Crippen molar-refractivity contribution in [2.75, 3.05) is 44.0 Å². The minimum atomic E-state index is -0.364. The summed E-state index contributed by atoms with van der Waals surface area (Å²) >= 11 is 0. The van der Waals surface area contributed by atoms with Crippen LogP contribution in [0.25, 0.3) is 0 Å². The molecule has 0 aliphatic carbocycles. The molecule has 1 aromatic rings. The smallest absolute Gasteiger partial charge is 0.125 e. The minimum Gasteiger partial charge on any atom is -0.397 e. The van der Waals surface area contributed by atoms with E-state index < -0.39 is 0 Å². The van der Waals surface area contributed by atoms with Crippen molar-refractivity contribution in [3.8, 4) is 0 Å². The van der Waals surface area contributed by atoms with E-state index in [9.17, 15) is 4.39 Å². The lowest BCUT2D eigenvalue weighted by molar-refractivity contribution is 0.203. The van der Waals surface area contributed by atoms with Crippen LogP contribution in [0, 0.1) is 5.82 Å². The average Bonchev–Trinajstić information content (AvgIpc) is 2.25. The highest BCUT2D eigenvalue weighted by Gasteiger charge is 2.09. The maximum Gasteiger partial charge on any atom is 0.125 e. The molecule has 0 spiro atoms. The first kappa shape index (κ1) is 12.7. The number of hydrogen-bond donors (Lipinski definition) is 2. The first-order valence-electron chi connectivity index (χ1n) is 5.08. The van der Waals surface area contributed by atoms with Crippen LogP contribution in [-0.4, -0.2) is 38.5 Å². The fourth-order valence-corrected chi connectivity index (χ4v) is 1.49. The van der Waals surface area contributed by atoms with Crippen LogP contribution in [-0.2, 0) is 4.74 Å². The van der Waals surface area contributed by atoms with E-state index in [0.717, 1.165) is 0 Å². The van der Waals surface area contributed by atoms with Gasteiger partial charge in [-0.3, -0.25) is 0 Å². The molecule has 0 bridgehead atoms. The summed E-state index contributed by atoms with van der Waals surface area (Å²) in [6.45, 7) is 1.59. The van der Waals surface area contributed by atoms with Gasteiger partial charge in [-0.2, -0.15) is 0 Å². The Hall–Kier alpha value is -1.33. The average molecular weight is 228 g/mol. The highest BCUT2D eigenvalue weighted by molar-refractivity contribution is 5.67. The van der Waals surface area contributed by atoms with Crippen molar-refractivity contribution in [3.05, 3.63) is 24.0 Å². The standard InChI is InChI=1S/C11H17FN2O2/c1-16-7-5-14(4-6-15)11-3-2-9(12)8-10(11)13/h2-3,8,15H,4-7,13H2,1H3. The Morgan fingerprint density at radius 3 is 2.75 bits per heavy atom. The third-order valence-electron chi connectivity index (χ3n) is 2.27. The first-order valence-corrected chi connectivity index (χ1v) is 5.08. The largest absolute Gasteiger partial charge is 0.397 e. The molecule has 0 saturated heterocycles. The molecule has 5 heteroatoms. The summed E-state index contributed by atoms with van der Waals surface area (Å²) in [7, 11) is 1.60. The van der Waals surface area contributed by atoms with Gasteiger partial charge < -0.3 is 20.5 Å². The molecule has 0 aliphatic rings. The highest BCUT2D eigenvalue weighted by Crippen LogP contribution is 2.23. The van der Waals surface area contributed by atoms with E-state index in [4.69, 9.17) is 15.6 Å². The topological polar surface area (TPSA) is 58.7 Å². The van der Waals surface area contributed by atoms with Gasteiger partial charge in [-0.05, 0) is 18.2 Å². The fourth-order valence-electron chi connectivity index (χ4n) is 1.49. The van der Waals surface area contributed by atoms with Crippen LogP contribution >= 0.6 is 0 Å². The minimum absolute atomic E-state index is 0.0144. The molecular formula is C11H17FN2O2. The van der Waals surface area contributed by atoms with E-state index in [1.807, 2.05) is 4.90 Å². The van der Waals surface area contributed by atoms with Crippen molar-refractivity contribution in [2.24, 2.45) is 0 Å². The van der Waals surface area contributed by atoms with Gasteiger partial charge in [0.15, 0.2) is 0 Å². The zero-order valence-corrected chi connectivity index (χ0v) is 9.32. The number of halogens is 1. The number of ether oxygens (including phenoxy) is 1. The fraction of sp³-hybridized carbons (Fsp3) is 0.455. The Labute approximate surface area is 94.4 Å². The number of nitrogens with two attached hydrogens (primary N) is 1. The molecule has 3 N–H and O–H groups in total. The van der Waals surface area contributed by atoms with Crippen molar-refractivity contribution in [3.63, 3.8) is 0 Å². The number of aliphatic hydroxyl groups excluding tert-OH is 1. The Morgan fingerprint density at radius 1 is 1.44 bits per heavy atom. The number of aliphatic hydroxyl groups is 1. The summed E-state index contributed by atoms with van der Waals surface area (Å²) in [5.41, 5.74) is 6.80. The van der Waals surface area contributed by atoms with Gasteiger partial charge in [-0.15, -0.1) is 0 Å². The van der Waals surface area contributed by atoms with Crippen LogP contribution in [0.15, 0.2) is 18.2 Å². The van der Waals surface area contributed by atoms with Crippen molar-refractivity contribution < 1.29 is 14.2 Å². The van der Waals surface area contributed by atoms with Crippen LogP contribution in [0.5, 0.6) is 0 Å². The molecule has 1 rings (SSSR count). The van der Waals surface area contributed by atoms with Gasteiger partial charge in [0.25, 0.3) is 0 Å². The second kappa shape index (κ2) is 6.30. The van der Waals surface area contributed by atoms with Crippen LogP contribution in [0.2, 0.25) is 0 Å². The highest BCUT2D eigenvalue weighted by atomic mass is 19.1. The summed E-state index contributed by atoms with van der Waals surface area (Å²) in [5, 5.41) is 8.95. The van der Waals surface area contributed by atoms with Crippen molar-refractivity contribution in [2.45, 2.75) is 0 Å². The molecule has 90 valence electrons. The number of nitrogens with zero attached hydrogens (tertiary/aromatic N) is 1. The Morgan fingerprint density at radius 2 is 2.19 bits per heavy atom. The molecule has 0 heterocycles. The summed E-state index contributed by atoms with van der Waals surface area (Å²) in [6.07, 6.45) is 0. The Bertz CT molecular complexity index is 334. The van der Waals surface area contributed by atoms with Crippen LogP contribution in [0.3, 0.4) is 0 Å². The molecule has 0 aliphatic heterocycles. The quantitative estimate of drug-likeness (QED) is 0.709. The zero-order chi connectivity index (χ0) is 12.0. The van der Waals surface area contributed by atoms with Gasteiger partial charge in [0.05, 0.1) is 24.6 Å². The molecule has 0 fully saturated rings. The summed E-state index contributed by atoms with van der Waals surface area (Å²) in [6, 6.07) is 4.23. The molecule has 0 atom stereocenters. The molecule has 0 unspecified atom stereocenters. The molecule has 0 saturated carbocycles. The predicted molar refractivity (Wildman–Crippen MR) is 62.0 cm³/mol. The zero-order valence-electron chi connectivity index (χ0n) is 9.32. The van der Waals surface area contributed by atoms with Crippen LogP contribution in [0.4, 0.5) is 15.8 Å². The van der Waals surface area contributed by atoms with Crippen molar-refractivity contribution in [1.82, 2.24) is 0 Å². The van der Waals surface area contributed by atoms with Gasteiger partial charge in [0.1, 0.15) is 5.82 Å². The second-order valence-corrected chi connectivity index (χ2v) is 3.41. The third-order valence-corrected chi connectivity index (χ3v) is 2.27. The lowest BCUT2D eigenvalue weighted by Gasteiger charge is -2.24. The number of hydrogen-bond acceptors (Lipinski definition) is 4. The normalized spacial score (nSPS) is 10.4. The second-order valence-electron chi connectivity index (χ2n) is 3.41. The predicted octanol–water partition coefficient (Wildman–Crippen LogP) is 0.853. The van der Waals surface area contributed by atoms with Crippen molar-refractivity contribution >= 4 is 11.4 Å². The van der Waals surface area contributed by atoms with E-state index in [2.05, 4.69) is 0 Å². The van der Waals surface area contributed by atoms with Gasteiger partial charge in [-0.25, -0.2) is 4.39 Å². The molecule has 4 nitrogen and oxygen atoms in total. The van der Waals surface area contributed by atoms with E-state index in [0.29, 0.717) is 31.1 Å². The SMILES string of the molecule is COCCN(CCO)c1ccc(F)cc1N. The molecule has 0 aromatic heterocycles. The van der Waals surface area contributed by atoms with E-state index in [1.165, 1.54) is 12.1 Å². The third kappa shape index (κ3) is 3.36. The first-order chi connectivity index (χ1) is 7.69. The lowest BCUT2D eigenvalue weighted by Crippen LogP contribution is -2.30. The number of benzene rings is 1. The van der Waals surface area contributed by atoms with Crippen LogP contribution < -0.4 is 10.6 Å². The van der Waals surface area contributed by atoms with Crippen LogP contribution in [0.1, 0.15) is 0 Å². The van der Waals surface area contributed by atoms with E-state index in [1.54, 1.807) is 13.2 Å². The van der Waals surface area contributed by atoms with Gasteiger partial charge >= 0.3 is 0 Å².